The predicted octanol–water partition coefficient (Wildman–Crippen LogP) is 2.77. The van der Waals surface area contributed by atoms with Crippen molar-refractivity contribution in [3.05, 3.63) is 65.7 Å². The van der Waals surface area contributed by atoms with Gasteiger partial charge in [-0.1, -0.05) is 42.5 Å². The number of nitrogens with one attached hydrogen (secondary N) is 1. The van der Waals surface area contributed by atoms with Crippen molar-refractivity contribution in [2.75, 3.05) is 26.0 Å². The smallest absolute Gasteiger partial charge is 0.318 e. The van der Waals surface area contributed by atoms with E-state index in [4.69, 9.17) is 8.92 Å². The van der Waals surface area contributed by atoms with E-state index >= 15 is 0 Å². The molecule has 2 amide bonds. The van der Waals surface area contributed by atoms with Crippen molar-refractivity contribution in [2.24, 2.45) is 0 Å². The first-order valence-corrected chi connectivity index (χ1v) is 10.6. The molecule has 0 unspecified atom stereocenters. The zero-order valence-electron chi connectivity index (χ0n) is 16.1. The maximum absolute atomic E-state index is 12.6. The first kappa shape index (κ1) is 21.7. The quantitative estimate of drug-likeness (QED) is 0.613. The number of nitrogens with zero attached hydrogens (tertiary/aromatic N) is 1. The first-order valence-electron chi connectivity index (χ1n) is 9.00. The molecular formula is C20H26N2O5S. The Labute approximate surface area is 166 Å². The van der Waals surface area contributed by atoms with Gasteiger partial charge in [0.2, 0.25) is 0 Å². The molecule has 2 aromatic rings. The molecular weight excluding hydrogens is 380 g/mol. The van der Waals surface area contributed by atoms with E-state index < -0.39 is 10.1 Å². The van der Waals surface area contributed by atoms with Gasteiger partial charge in [0.05, 0.1) is 12.4 Å². The molecule has 0 aliphatic carbocycles. The Bertz CT molecular complexity index is 856. The van der Waals surface area contributed by atoms with Crippen LogP contribution in [0.2, 0.25) is 0 Å². The molecule has 0 aliphatic rings. The third-order valence-corrected chi connectivity index (χ3v) is 5.14. The van der Waals surface area contributed by atoms with Gasteiger partial charge in [-0.3, -0.25) is 0 Å². The van der Waals surface area contributed by atoms with Crippen LogP contribution in [0.4, 0.5) is 4.79 Å². The number of carbonyl (C=O) groups is 1. The molecule has 0 aromatic heterocycles. The van der Waals surface area contributed by atoms with Crippen molar-refractivity contribution in [1.82, 2.24) is 10.2 Å². The van der Waals surface area contributed by atoms with Gasteiger partial charge in [-0.15, -0.1) is 0 Å². The van der Waals surface area contributed by atoms with E-state index in [2.05, 4.69) is 5.32 Å². The fourth-order valence-electron chi connectivity index (χ4n) is 2.46. The van der Waals surface area contributed by atoms with Gasteiger partial charge in [0.25, 0.3) is 0 Å². The molecule has 28 heavy (non-hydrogen) atoms. The molecule has 0 atom stereocenters. The van der Waals surface area contributed by atoms with Gasteiger partial charge < -0.3 is 19.1 Å². The Balaban J connectivity index is 2.05. The van der Waals surface area contributed by atoms with Crippen molar-refractivity contribution >= 4 is 16.1 Å². The maximum atomic E-state index is 12.6. The second kappa shape index (κ2) is 10.7. The van der Waals surface area contributed by atoms with E-state index in [0.29, 0.717) is 26.2 Å². The summed E-state index contributed by atoms with van der Waals surface area (Å²) in [7, 11) is -2.03. The Morgan fingerprint density at radius 2 is 1.79 bits per heavy atom. The SMILES string of the molecule is CCS(=O)(=O)Oc1cccc(CN(CCOC)C(=O)NCc2ccccc2)c1. The molecule has 0 radical (unpaired) electrons. The van der Waals surface area contributed by atoms with Gasteiger partial charge in [0.1, 0.15) is 5.75 Å². The lowest BCUT2D eigenvalue weighted by Crippen LogP contribution is -2.40. The summed E-state index contributed by atoms with van der Waals surface area (Å²) in [6, 6.07) is 16.1. The number of carbonyl (C=O) groups excluding carboxylic acids is 1. The molecule has 0 heterocycles. The summed E-state index contributed by atoms with van der Waals surface area (Å²) in [5, 5.41) is 2.89. The molecule has 0 spiro atoms. The van der Waals surface area contributed by atoms with Gasteiger partial charge in [-0.05, 0) is 30.2 Å². The van der Waals surface area contributed by atoms with Crippen molar-refractivity contribution in [1.29, 1.82) is 0 Å². The Hall–Kier alpha value is -2.58. The van der Waals surface area contributed by atoms with Crippen LogP contribution in [-0.4, -0.2) is 45.4 Å². The van der Waals surface area contributed by atoms with Crippen LogP contribution in [-0.2, 0) is 27.9 Å². The number of hydrogen-bond donors (Lipinski definition) is 1. The topological polar surface area (TPSA) is 84.9 Å². The van der Waals surface area contributed by atoms with E-state index in [1.165, 1.54) is 6.92 Å². The summed E-state index contributed by atoms with van der Waals surface area (Å²) < 4.78 is 33.5. The summed E-state index contributed by atoms with van der Waals surface area (Å²) >= 11 is 0. The second-order valence-corrected chi connectivity index (χ2v) is 8.00. The number of benzene rings is 2. The van der Waals surface area contributed by atoms with Gasteiger partial charge in [0, 0.05) is 26.7 Å². The molecule has 0 fully saturated rings. The highest BCUT2D eigenvalue weighted by atomic mass is 32.2. The standard InChI is InChI=1S/C20H26N2O5S/c1-3-28(24,25)27-19-11-7-10-18(14-19)16-22(12-13-26-2)20(23)21-15-17-8-5-4-6-9-17/h4-11,14H,3,12-13,15-16H2,1-2H3,(H,21,23). The molecule has 2 aromatic carbocycles. The number of ether oxygens (including phenoxy) is 1. The molecule has 7 nitrogen and oxygen atoms in total. The molecule has 0 saturated heterocycles. The minimum atomic E-state index is -3.60. The second-order valence-electron chi connectivity index (χ2n) is 6.14. The van der Waals surface area contributed by atoms with Crippen LogP contribution < -0.4 is 9.50 Å². The number of amides is 2. The van der Waals surface area contributed by atoms with Crippen LogP contribution in [0.15, 0.2) is 54.6 Å². The van der Waals surface area contributed by atoms with Crippen LogP contribution in [0.5, 0.6) is 5.75 Å². The number of methoxy groups -OCH3 is 1. The number of rotatable bonds is 10. The predicted molar refractivity (Wildman–Crippen MR) is 107 cm³/mol. The molecule has 0 saturated carbocycles. The Morgan fingerprint density at radius 1 is 1.07 bits per heavy atom. The highest BCUT2D eigenvalue weighted by Crippen LogP contribution is 2.17. The minimum absolute atomic E-state index is 0.112. The highest BCUT2D eigenvalue weighted by Gasteiger charge is 2.15. The number of hydrogen-bond acceptors (Lipinski definition) is 5. The average molecular weight is 407 g/mol. The van der Waals surface area contributed by atoms with Crippen molar-refractivity contribution in [3.63, 3.8) is 0 Å². The fourth-order valence-corrected chi connectivity index (χ4v) is 2.98. The fraction of sp³-hybridized carbons (Fsp3) is 0.350. The van der Waals surface area contributed by atoms with Gasteiger partial charge in [0.15, 0.2) is 0 Å². The lowest BCUT2D eigenvalue weighted by Gasteiger charge is -2.23. The average Bonchev–Trinajstić information content (AvgIpc) is 2.70. The van der Waals surface area contributed by atoms with E-state index in [-0.39, 0.29) is 17.5 Å². The Morgan fingerprint density at radius 3 is 2.46 bits per heavy atom. The van der Waals surface area contributed by atoms with Gasteiger partial charge in [-0.25, -0.2) is 4.79 Å². The molecule has 0 aliphatic heterocycles. The third kappa shape index (κ3) is 7.21. The molecule has 2 rings (SSSR count). The van der Waals surface area contributed by atoms with Gasteiger partial charge >= 0.3 is 16.1 Å². The van der Waals surface area contributed by atoms with E-state index in [1.54, 1.807) is 30.2 Å². The highest BCUT2D eigenvalue weighted by molar-refractivity contribution is 7.87. The van der Waals surface area contributed by atoms with Crippen LogP contribution >= 0.6 is 0 Å². The Kier molecular flexibility index (Phi) is 8.28. The van der Waals surface area contributed by atoms with Crippen LogP contribution in [0.25, 0.3) is 0 Å². The van der Waals surface area contributed by atoms with Crippen molar-refractivity contribution < 1.29 is 22.1 Å². The minimum Gasteiger partial charge on any atom is -0.383 e. The molecule has 152 valence electrons. The van der Waals surface area contributed by atoms with E-state index in [9.17, 15) is 13.2 Å². The summed E-state index contributed by atoms with van der Waals surface area (Å²) in [5.74, 6) is 0.120. The molecule has 1 N–H and O–H groups in total. The van der Waals surface area contributed by atoms with Crippen LogP contribution in [0.1, 0.15) is 18.1 Å². The third-order valence-electron chi connectivity index (χ3n) is 3.99. The zero-order valence-corrected chi connectivity index (χ0v) is 16.9. The molecule has 8 heteroatoms. The van der Waals surface area contributed by atoms with E-state index in [0.717, 1.165) is 11.1 Å². The monoisotopic (exact) mass is 406 g/mol. The lowest BCUT2D eigenvalue weighted by atomic mass is 10.2. The van der Waals surface area contributed by atoms with Crippen molar-refractivity contribution in [2.45, 2.75) is 20.0 Å². The van der Waals surface area contributed by atoms with Crippen LogP contribution in [0, 0.1) is 0 Å². The first-order chi connectivity index (χ1) is 13.4. The molecule has 0 bridgehead atoms. The van der Waals surface area contributed by atoms with Gasteiger partial charge in [-0.2, -0.15) is 8.42 Å². The summed E-state index contributed by atoms with van der Waals surface area (Å²) in [4.78, 5) is 14.2. The zero-order chi connectivity index (χ0) is 20.4. The van der Waals surface area contributed by atoms with Crippen LogP contribution in [0.3, 0.4) is 0 Å². The summed E-state index contributed by atoms with van der Waals surface area (Å²) in [5.41, 5.74) is 1.76. The summed E-state index contributed by atoms with van der Waals surface area (Å²) in [6.45, 7) is 3.02. The normalized spacial score (nSPS) is 11.1. The number of urea groups is 1. The maximum Gasteiger partial charge on any atom is 0.318 e. The summed E-state index contributed by atoms with van der Waals surface area (Å²) in [6.07, 6.45) is 0. The lowest BCUT2D eigenvalue weighted by molar-refractivity contribution is 0.146. The largest absolute Gasteiger partial charge is 0.383 e. The van der Waals surface area contributed by atoms with E-state index in [1.807, 2.05) is 36.4 Å². The van der Waals surface area contributed by atoms with Crippen molar-refractivity contribution in [3.8, 4) is 5.75 Å².